The van der Waals surface area contributed by atoms with Crippen molar-refractivity contribution in [2.75, 3.05) is 7.11 Å². The average molecular weight is 253 g/mol. The largest absolute Gasteiger partial charge is 0.481 e. The number of methoxy groups -OCH3 is 1. The van der Waals surface area contributed by atoms with Crippen LogP contribution < -0.4 is 4.74 Å². The molecule has 4 heteroatoms. The number of fused-ring (bicyclic) bond motifs is 1. The van der Waals surface area contributed by atoms with Crippen molar-refractivity contribution >= 4 is 11.0 Å². The highest BCUT2D eigenvalue weighted by atomic mass is 16.5. The molecule has 0 spiro atoms. The Bertz CT molecular complexity index is 707. The first-order valence-electron chi connectivity index (χ1n) is 6.15. The standard InChI is InChI=1S/C15H15N3O/c1-9-6-12-13(7-10(9)2)18-15(17-12)11-4-5-16-14(8-11)19-3/h4-8H,1-3H3,(H,17,18). The number of H-pyrrole nitrogens is 1. The van der Waals surface area contributed by atoms with Crippen LogP contribution in [0.2, 0.25) is 0 Å². The van der Waals surface area contributed by atoms with Crippen LogP contribution in [-0.4, -0.2) is 22.1 Å². The minimum atomic E-state index is 0.588. The van der Waals surface area contributed by atoms with E-state index in [0.29, 0.717) is 5.88 Å². The number of nitrogens with one attached hydrogen (secondary N) is 1. The Kier molecular flexibility index (Phi) is 2.71. The van der Waals surface area contributed by atoms with Gasteiger partial charge in [-0.05, 0) is 43.2 Å². The Hall–Kier alpha value is -2.36. The fraction of sp³-hybridized carbons (Fsp3) is 0.200. The molecule has 1 aromatic carbocycles. The van der Waals surface area contributed by atoms with Crippen molar-refractivity contribution in [3.8, 4) is 17.3 Å². The average Bonchev–Trinajstić information content (AvgIpc) is 2.82. The van der Waals surface area contributed by atoms with Crippen LogP contribution in [0.15, 0.2) is 30.5 Å². The van der Waals surface area contributed by atoms with Crippen molar-refractivity contribution in [1.82, 2.24) is 15.0 Å². The van der Waals surface area contributed by atoms with Crippen molar-refractivity contribution in [2.24, 2.45) is 0 Å². The van der Waals surface area contributed by atoms with Crippen LogP contribution in [0, 0.1) is 13.8 Å². The molecule has 19 heavy (non-hydrogen) atoms. The third-order valence-corrected chi connectivity index (χ3v) is 3.31. The molecule has 0 unspecified atom stereocenters. The smallest absolute Gasteiger partial charge is 0.213 e. The number of aromatic nitrogens is 3. The van der Waals surface area contributed by atoms with Gasteiger partial charge in [0.1, 0.15) is 5.82 Å². The highest BCUT2D eigenvalue weighted by Gasteiger charge is 2.07. The van der Waals surface area contributed by atoms with E-state index in [9.17, 15) is 0 Å². The first-order valence-corrected chi connectivity index (χ1v) is 6.15. The number of hydrogen-bond acceptors (Lipinski definition) is 3. The zero-order chi connectivity index (χ0) is 13.4. The summed E-state index contributed by atoms with van der Waals surface area (Å²) in [6.07, 6.45) is 1.72. The number of aromatic amines is 1. The second-order valence-corrected chi connectivity index (χ2v) is 4.63. The zero-order valence-electron chi connectivity index (χ0n) is 11.2. The maximum Gasteiger partial charge on any atom is 0.213 e. The fourth-order valence-corrected chi connectivity index (χ4v) is 2.07. The van der Waals surface area contributed by atoms with Gasteiger partial charge in [0.05, 0.1) is 18.1 Å². The number of pyridine rings is 1. The summed E-state index contributed by atoms with van der Waals surface area (Å²) < 4.78 is 5.14. The summed E-state index contributed by atoms with van der Waals surface area (Å²) in [5.74, 6) is 1.42. The SMILES string of the molecule is COc1cc(-c2nc3cc(C)c(C)cc3[nH]2)ccn1. The van der Waals surface area contributed by atoms with Gasteiger partial charge in [-0.2, -0.15) is 0 Å². The Morgan fingerprint density at radius 2 is 1.89 bits per heavy atom. The summed E-state index contributed by atoms with van der Waals surface area (Å²) in [7, 11) is 1.61. The first-order chi connectivity index (χ1) is 9.17. The Morgan fingerprint density at radius 3 is 2.68 bits per heavy atom. The molecule has 0 amide bonds. The molecule has 0 aliphatic carbocycles. The van der Waals surface area contributed by atoms with Gasteiger partial charge in [-0.25, -0.2) is 9.97 Å². The number of ether oxygens (including phenoxy) is 1. The van der Waals surface area contributed by atoms with Crippen LogP contribution in [0.4, 0.5) is 0 Å². The lowest BCUT2D eigenvalue weighted by Crippen LogP contribution is -1.88. The molecule has 0 aliphatic heterocycles. The van der Waals surface area contributed by atoms with Gasteiger partial charge in [0.15, 0.2) is 0 Å². The molecular weight excluding hydrogens is 238 g/mol. The Labute approximate surface area is 111 Å². The second-order valence-electron chi connectivity index (χ2n) is 4.63. The summed E-state index contributed by atoms with van der Waals surface area (Å²) in [4.78, 5) is 12.1. The summed E-state index contributed by atoms with van der Waals surface area (Å²) >= 11 is 0. The zero-order valence-corrected chi connectivity index (χ0v) is 11.2. The van der Waals surface area contributed by atoms with Crippen molar-refractivity contribution in [3.63, 3.8) is 0 Å². The number of imidazole rings is 1. The van der Waals surface area contributed by atoms with Crippen molar-refractivity contribution in [3.05, 3.63) is 41.6 Å². The van der Waals surface area contributed by atoms with E-state index < -0.39 is 0 Å². The minimum absolute atomic E-state index is 0.588. The molecule has 0 fully saturated rings. The number of benzene rings is 1. The molecule has 1 N–H and O–H groups in total. The van der Waals surface area contributed by atoms with Crippen LogP contribution in [0.3, 0.4) is 0 Å². The number of aryl methyl sites for hydroxylation is 2. The van der Waals surface area contributed by atoms with Gasteiger partial charge in [-0.1, -0.05) is 0 Å². The fourth-order valence-electron chi connectivity index (χ4n) is 2.07. The Balaban J connectivity index is 2.14. The normalized spacial score (nSPS) is 10.9. The summed E-state index contributed by atoms with van der Waals surface area (Å²) in [6, 6.07) is 8.01. The molecular formula is C15H15N3O. The van der Waals surface area contributed by atoms with Crippen LogP contribution >= 0.6 is 0 Å². The minimum Gasteiger partial charge on any atom is -0.481 e. The van der Waals surface area contributed by atoms with Gasteiger partial charge in [0.2, 0.25) is 5.88 Å². The number of nitrogens with zero attached hydrogens (tertiary/aromatic N) is 2. The van der Waals surface area contributed by atoms with E-state index in [0.717, 1.165) is 22.4 Å². The molecule has 0 saturated heterocycles. The van der Waals surface area contributed by atoms with Crippen LogP contribution in [0.5, 0.6) is 5.88 Å². The van der Waals surface area contributed by atoms with E-state index in [-0.39, 0.29) is 0 Å². The van der Waals surface area contributed by atoms with Gasteiger partial charge >= 0.3 is 0 Å². The van der Waals surface area contributed by atoms with Gasteiger partial charge in [0.25, 0.3) is 0 Å². The molecule has 0 saturated carbocycles. The van der Waals surface area contributed by atoms with Crippen LogP contribution in [0.1, 0.15) is 11.1 Å². The van der Waals surface area contributed by atoms with E-state index in [1.807, 2.05) is 12.1 Å². The van der Waals surface area contributed by atoms with Gasteiger partial charge < -0.3 is 9.72 Å². The Morgan fingerprint density at radius 1 is 1.11 bits per heavy atom. The lowest BCUT2D eigenvalue weighted by molar-refractivity contribution is 0.398. The molecule has 0 bridgehead atoms. The van der Waals surface area contributed by atoms with Crippen molar-refractivity contribution in [2.45, 2.75) is 13.8 Å². The van der Waals surface area contributed by atoms with E-state index in [1.165, 1.54) is 11.1 Å². The monoisotopic (exact) mass is 253 g/mol. The number of rotatable bonds is 2. The maximum absolute atomic E-state index is 5.14. The summed E-state index contributed by atoms with van der Waals surface area (Å²) in [6.45, 7) is 4.20. The summed E-state index contributed by atoms with van der Waals surface area (Å²) in [5, 5.41) is 0. The lowest BCUT2D eigenvalue weighted by atomic mass is 10.1. The van der Waals surface area contributed by atoms with Gasteiger partial charge in [-0.15, -0.1) is 0 Å². The molecule has 3 aromatic rings. The van der Waals surface area contributed by atoms with Crippen LogP contribution in [-0.2, 0) is 0 Å². The highest BCUT2D eigenvalue weighted by molar-refractivity contribution is 5.81. The highest BCUT2D eigenvalue weighted by Crippen LogP contribution is 2.24. The second kappa shape index (κ2) is 4.39. The third kappa shape index (κ3) is 2.05. The molecule has 0 aliphatic rings. The quantitative estimate of drug-likeness (QED) is 0.762. The van der Waals surface area contributed by atoms with E-state index in [1.54, 1.807) is 13.3 Å². The molecule has 3 rings (SSSR count). The van der Waals surface area contributed by atoms with Crippen molar-refractivity contribution < 1.29 is 4.74 Å². The predicted molar refractivity (Wildman–Crippen MR) is 75.4 cm³/mol. The molecule has 4 nitrogen and oxygen atoms in total. The lowest BCUT2D eigenvalue weighted by Gasteiger charge is -2.00. The maximum atomic E-state index is 5.14. The van der Waals surface area contributed by atoms with Gasteiger partial charge in [-0.3, -0.25) is 0 Å². The first kappa shape index (κ1) is 11.7. The predicted octanol–water partition coefficient (Wildman–Crippen LogP) is 3.25. The van der Waals surface area contributed by atoms with E-state index >= 15 is 0 Å². The molecule has 2 heterocycles. The topological polar surface area (TPSA) is 50.8 Å². The molecule has 0 atom stereocenters. The molecule has 2 aromatic heterocycles. The summed E-state index contributed by atoms with van der Waals surface area (Å²) in [5.41, 5.74) is 5.51. The van der Waals surface area contributed by atoms with E-state index in [4.69, 9.17) is 4.74 Å². The molecule has 0 radical (unpaired) electrons. The van der Waals surface area contributed by atoms with E-state index in [2.05, 4.69) is 40.9 Å². The molecule has 96 valence electrons. The van der Waals surface area contributed by atoms with Crippen molar-refractivity contribution in [1.29, 1.82) is 0 Å². The number of hydrogen-bond donors (Lipinski definition) is 1. The van der Waals surface area contributed by atoms with Crippen LogP contribution in [0.25, 0.3) is 22.4 Å². The third-order valence-electron chi connectivity index (χ3n) is 3.31. The van der Waals surface area contributed by atoms with Gasteiger partial charge in [0, 0.05) is 17.8 Å².